The molecule has 0 fully saturated rings. The van der Waals surface area contributed by atoms with E-state index in [-0.39, 0.29) is 0 Å². The third kappa shape index (κ3) is 10.2. The molecule has 0 aromatic rings. The Labute approximate surface area is 79.2 Å². The van der Waals surface area contributed by atoms with Gasteiger partial charge in [0.25, 0.3) is 0 Å². The lowest BCUT2D eigenvalue weighted by molar-refractivity contribution is 0.339. The molecule has 0 aliphatic carbocycles. The fourth-order valence-electron chi connectivity index (χ4n) is 0.976. The molecule has 1 radical (unpaired) electrons. The van der Waals surface area contributed by atoms with Gasteiger partial charge in [0.1, 0.15) is 0 Å². The van der Waals surface area contributed by atoms with Crippen LogP contribution in [-0.2, 0) is 4.43 Å². The van der Waals surface area contributed by atoms with Gasteiger partial charge in [-0.2, -0.15) is 0 Å². The van der Waals surface area contributed by atoms with Crippen LogP contribution in [0.1, 0.15) is 40.0 Å². The van der Waals surface area contributed by atoms with Crippen LogP contribution in [0.4, 0.5) is 0 Å². The number of hydrogen-bond donors (Lipinski definition) is 0. The quantitative estimate of drug-likeness (QED) is 0.474. The molecule has 0 spiro atoms. The Morgan fingerprint density at radius 3 is 2.25 bits per heavy atom. The van der Waals surface area contributed by atoms with Crippen LogP contribution in [0.25, 0.3) is 0 Å². The SMILES string of the molecule is C[SiH](C)O[CH]CCCC(C)(C)C. The highest BCUT2D eigenvalue weighted by atomic mass is 28.3. The summed E-state index contributed by atoms with van der Waals surface area (Å²) < 4.78 is 5.47. The number of unbranched alkanes of at least 4 members (excludes halogenated alkanes) is 1. The third-order valence-electron chi connectivity index (χ3n) is 1.62. The van der Waals surface area contributed by atoms with Crippen molar-refractivity contribution in [3.8, 4) is 0 Å². The van der Waals surface area contributed by atoms with Gasteiger partial charge in [-0.05, 0) is 31.4 Å². The summed E-state index contributed by atoms with van der Waals surface area (Å²) in [5, 5.41) is 0. The molecule has 0 atom stereocenters. The Morgan fingerprint density at radius 1 is 1.25 bits per heavy atom. The van der Waals surface area contributed by atoms with Crippen molar-refractivity contribution >= 4 is 9.04 Å². The molecule has 0 aliphatic heterocycles. The molecule has 2 heteroatoms. The van der Waals surface area contributed by atoms with E-state index in [0.29, 0.717) is 5.41 Å². The minimum atomic E-state index is -0.811. The molecule has 0 aromatic heterocycles. The molecule has 0 amide bonds. The first-order chi connectivity index (χ1) is 5.42. The van der Waals surface area contributed by atoms with E-state index in [4.69, 9.17) is 4.43 Å². The van der Waals surface area contributed by atoms with E-state index in [1.807, 2.05) is 6.61 Å². The van der Waals surface area contributed by atoms with Gasteiger partial charge in [0.2, 0.25) is 0 Å². The number of rotatable bonds is 5. The maximum Gasteiger partial charge on any atom is 0.171 e. The van der Waals surface area contributed by atoms with Gasteiger partial charge in [-0.25, -0.2) is 0 Å². The normalized spacial score (nSPS) is 12.5. The zero-order chi connectivity index (χ0) is 9.61. The third-order valence-corrected chi connectivity index (χ3v) is 2.35. The lowest BCUT2D eigenvalue weighted by Crippen LogP contribution is -2.07. The first-order valence-electron chi connectivity index (χ1n) is 4.89. The predicted molar refractivity (Wildman–Crippen MR) is 57.6 cm³/mol. The van der Waals surface area contributed by atoms with Gasteiger partial charge < -0.3 is 4.43 Å². The van der Waals surface area contributed by atoms with Crippen molar-refractivity contribution in [1.82, 2.24) is 0 Å². The summed E-state index contributed by atoms with van der Waals surface area (Å²) in [6.07, 6.45) is 3.65. The summed E-state index contributed by atoms with van der Waals surface area (Å²) in [6, 6.07) is 0. The lowest BCUT2D eigenvalue weighted by Gasteiger charge is -2.17. The molecule has 0 rings (SSSR count). The van der Waals surface area contributed by atoms with Crippen LogP contribution < -0.4 is 0 Å². The van der Waals surface area contributed by atoms with Crippen molar-refractivity contribution in [2.24, 2.45) is 5.41 Å². The average Bonchev–Trinajstić information content (AvgIpc) is 1.83. The predicted octanol–water partition coefficient (Wildman–Crippen LogP) is 3.36. The van der Waals surface area contributed by atoms with Crippen molar-refractivity contribution in [3.63, 3.8) is 0 Å². The first-order valence-corrected chi connectivity index (χ1v) is 7.67. The molecule has 0 bridgehead atoms. The molecule has 0 N–H and O–H groups in total. The minimum Gasteiger partial charge on any atom is -0.415 e. The molecule has 0 unspecified atom stereocenters. The van der Waals surface area contributed by atoms with Crippen molar-refractivity contribution < 1.29 is 4.43 Å². The van der Waals surface area contributed by atoms with E-state index < -0.39 is 9.04 Å². The summed E-state index contributed by atoms with van der Waals surface area (Å²) >= 11 is 0. The van der Waals surface area contributed by atoms with Crippen molar-refractivity contribution in [1.29, 1.82) is 0 Å². The Balaban J connectivity index is 3.12. The maximum atomic E-state index is 5.47. The van der Waals surface area contributed by atoms with Gasteiger partial charge in [-0.3, -0.25) is 0 Å². The van der Waals surface area contributed by atoms with E-state index in [1.165, 1.54) is 12.8 Å². The average molecular weight is 187 g/mol. The molecule has 12 heavy (non-hydrogen) atoms. The molecule has 0 aliphatic rings. The molecular weight excluding hydrogens is 164 g/mol. The second-order valence-electron chi connectivity index (χ2n) is 4.80. The smallest absolute Gasteiger partial charge is 0.171 e. The second-order valence-corrected chi connectivity index (χ2v) is 7.17. The van der Waals surface area contributed by atoms with Crippen LogP contribution >= 0.6 is 0 Å². The van der Waals surface area contributed by atoms with Gasteiger partial charge in [0.05, 0.1) is 6.61 Å². The Bertz CT molecular complexity index is 105. The van der Waals surface area contributed by atoms with Gasteiger partial charge in [0, 0.05) is 0 Å². The van der Waals surface area contributed by atoms with Crippen molar-refractivity contribution in [3.05, 3.63) is 6.61 Å². The number of hydrogen-bond acceptors (Lipinski definition) is 1. The molecule has 0 saturated carbocycles. The molecular formula is C10H23OSi. The zero-order valence-corrected chi connectivity index (χ0v) is 10.3. The van der Waals surface area contributed by atoms with E-state index in [0.717, 1.165) is 6.42 Å². The molecule has 0 heterocycles. The summed E-state index contributed by atoms with van der Waals surface area (Å²) in [7, 11) is -0.811. The van der Waals surface area contributed by atoms with Crippen LogP contribution in [0, 0.1) is 12.0 Å². The summed E-state index contributed by atoms with van der Waals surface area (Å²) in [5.74, 6) is 0. The van der Waals surface area contributed by atoms with Gasteiger partial charge in [-0.1, -0.05) is 27.2 Å². The van der Waals surface area contributed by atoms with Crippen LogP contribution in [0.2, 0.25) is 13.1 Å². The van der Waals surface area contributed by atoms with Gasteiger partial charge in [0.15, 0.2) is 9.04 Å². The highest BCUT2D eigenvalue weighted by Gasteiger charge is 2.08. The fraction of sp³-hybridized carbons (Fsp3) is 0.900. The lowest BCUT2D eigenvalue weighted by atomic mass is 9.90. The minimum absolute atomic E-state index is 0.475. The maximum absolute atomic E-state index is 5.47. The highest BCUT2D eigenvalue weighted by molar-refractivity contribution is 6.48. The molecule has 0 saturated heterocycles. The fourth-order valence-corrected chi connectivity index (χ4v) is 1.50. The molecule has 0 aromatic carbocycles. The monoisotopic (exact) mass is 187 g/mol. The molecule has 1 nitrogen and oxygen atoms in total. The summed E-state index contributed by atoms with van der Waals surface area (Å²) in [5.41, 5.74) is 0.475. The highest BCUT2D eigenvalue weighted by Crippen LogP contribution is 2.21. The van der Waals surface area contributed by atoms with E-state index in [1.54, 1.807) is 0 Å². The van der Waals surface area contributed by atoms with E-state index in [2.05, 4.69) is 33.9 Å². The van der Waals surface area contributed by atoms with Crippen molar-refractivity contribution in [2.75, 3.05) is 0 Å². The molecule has 73 valence electrons. The zero-order valence-electron chi connectivity index (χ0n) is 9.18. The van der Waals surface area contributed by atoms with Crippen LogP contribution in [0.15, 0.2) is 0 Å². The van der Waals surface area contributed by atoms with Gasteiger partial charge >= 0.3 is 0 Å². The first kappa shape index (κ1) is 12.2. The Kier molecular flexibility index (Phi) is 5.84. The van der Waals surface area contributed by atoms with E-state index in [9.17, 15) is 0 Å². The second kappa shape index (κ2) is 5.76. The topological polar surface area (TPSA) is 9.23 Å². The van der Waals surface area contributed by atoms with E-state index >= 15 is 0 Å². The van der Waals surface area contributed by atoms with Crippen LogP contribution in [0.3, 0.4) is 0 Å². The Hall–Kier alpha value is 0.177. The summed E-state index contributed by atoms with van der Waals surface area (Å²) in [4.78, 5) is 0. The Morgan fingerprint density at radius 2 is 1.83 bits per heavy atom. The van der Waals surface area contributed by atoms with Crippen LogP contribution in [0.5, 0.6) is 0 Å². The van der Waals surface area contributed by atoms with Crippen molar-refractivity contribution in [2.45, 2.75) is 53.1 Å². The largest absolute Gasteiger partial charge is 0.415 e. The van der Waals surface area contributed by atoms with Crippen LogP contribution in [-0.4, -0.2) is 9.04 Å². The van der Waals surface area contributed by atoms with Gasteiger partial charge in [-0.15, -0.1) is 0 Å². The standard InChI is InChI=1S/C10H23OSi/c1-10(2,3)8-6-7-9-11-12(4)5/h9,12H,6-8H2,1-5H3. The summed E-state index contributed by atoms with van der Waals surface area (Å²) in [6.45, 7) is 13.2.